The van der Waals surface area contributed by atoms with Crippen LogP contribution in [-0.2, 0) is 6.42 Å². The summed E-state index contributed by atoms with van der Waals surface area (Å²) in [5.41, 5.74) is 2.60. The van der Waals surface area contributed by atoms with Crippen LogP contribution in [0.5, 0.6) is 0 Å². The zero-order chi connectivity index (χ0) is 8.39. The molecule has 1 atom stereocenters. The highest BCUT2D eigenvalue weighted by Gasteiger charge is 2.18. The fraction of sp³-hybridized carbons (Fsp3) is 0.400. The van der Waals surface area contributed by atoms with Crippen LogP contribution in [0.4, 0.5) is 5.69 Å². The summed E-state index contributed by atoms with van der Waals surface area (Å²) >= 11 is 0. The fourth-order valence-corrected chi connectivity index (χ4v) is 1.71. The van der Waals surface area contributed by atoms with E-state index in [1.165, 1.54) is 11.3 Å². The smallest absolute Gasteiger partial charge is 0.0450 e. The lowest BCUT2D eigenvalue weighted by atomic mass is 10.1. The van der Waals surface area contributed by atoms with Crippen molar-refractivity contribution in [3.05, 3.63) is 29.8 Å². The van der Waals surface area contributed by atoms with Crippen molar-refractivity contribution in [1.29, 1.82) is 0 Å². The Morgan fingerprint density at radius 2 is 2.25 bits per heavy atom. The van der Waals surface area contributed by atoms with Crippen LogP contribution in [0, 0.1) is 0 Å². The van der Waals surface area contributed by atoms with Gasteiger partial charge < -0.3 is 10.4 Å². The van der Waals surface area contributed by atoms with E-state index in [2.05, 4.69) is 23.5 Å². The largest absolute Gasteiger partial charge is 0.396 e. The number of fused-ring (bicyclic) bond motifs is 1. The molecular weight excluding hydrogens is 150 g/mol. The highest BCUT2D eigenvalue weighted by Crippen LogP contribution is 2.25. The first-order valence-electron chi connectivity index (χ1n) is 4.35. The Bertz CT molecular complexity index is 247. The van der Waals surface area contributed by atoms with Gasteiger partial charge >= 0.3 is 0 Å². The number of aliphatic hydroxyl groups excluding tert-OH is 1. The summed E-state index contributed by atoms with van der Waals surface area (Å²) in [7, 11) is 0. The van der Waals surface area contributed by atoms with E-state index in [-0.39, 0.29) is 6.61 Å². The lowest BCUT2D eigenvalue weighted by Crippen LogP contribution is -2.16. The van der Waals surface area contributed by atoms with Crippen LogP contribution in [0.15, 0.2) is 24.3 Å². The Morgan fingerprint density at radius 1 is 1.42 bits per heavy atom. The zero-order valence-electron chi connectivity index (χ0n) is 6.96. The molecule has 64 valence electrons. The molecule has 0 bridgehead atoms. The number of nitrogens with one attached hydrogen (secondary N) is 1. The van der Waals surface area contributed by atoms with E-state index in [0.717, 1.165) is 12.8 Å². The second-order valence-electron chi connectivity index (χ2n) is 3.21. The fourth-order valence-electron chi connectivity index (χ4n) is 1.71. The van der Waals surface area contributed by atoms with Crippen LogP contribution < -0.4 is 5.32 Å². The van der Waals surface area contributed by atoms with E-state index in [1.54, 1.807) is 0 Å². The van der Waals surface area contributed by atoms with Gasteiger partial charge in [-0.3, -0.25) is 0 Å². The molecule has 1 aliphatic heterocycles. The summed E-state index contributed by atoms with van der Waals surface area (Å²) in [6, 6.07) is 8.76. The molecule has 1 aromatic rings. The van der Waals surface area contributed by atoms with Crippen LogP contribution >= 0.6 is 0 Å². The summed E-state index contributed by atoms with van der Waals surface area (Å²) < 4.78 is 0. The minimum absolute atomic E-state index is 0.269. The Kier molecular flexibility index (Phi) is 2.00. The predicted molar refractivity (Wildman–Crippen MR) is 49.3 cm³/mol. The van der Waals surface area contributed by atoms with Crippen molar-refractivity contribution in [2.24, 2.45) is 0 Å². The van der Waals surface area contributed by atoms with E-state index >= 15 is 0 Å². The average Bonchev–Trinajstić information content (AvgIpc) is 2.47. The number of rotatable bonds is 2. The molecule has 0 aliphatic carbocycles. The second-order valence-corrected chi connectivity index (χ2v) is 3.21. The molecule has 1 aromatic carbocycles. The summed E-state index contributed by atoms with van der Waals surface area (Å²) in [6.45, 7) is 0.269. The normalized spacial score (nSPS) is 20.2. The molecule has 2 heteroatoms. The van der Waals surface area contributed by atoms with Crippen molar-refractivity contribution in [3.8, 4) is 0 Å². The third-order valence-electron chi connectivity index (χ3n) is 2.32. The molecule has 0 spiro atoms. The van der Waals surface area contributed by atoms with Crippen LogP contribution in [0.1, 0.15) is 12.0 Å². The Hall–Kier alpha value is -1.02. The predicted octanol–water partition coefficient (Wildman–Crippen LogP) is 1.41. The number of hydrogen-bond acceptors (Lipinski definition) is 2. The van der Waals surface area contributed by atoms with Gasteiger partial charge in [0.05, 0.1) is 0 Å². The third kappa shape index (κ3) is 1.30. The highest BCUT2D eigenvalue weighted by atomic mass is 16.3. The summed E-state index contributed by atoms with van der Waals surface area (Å²) in [4.78, 5) is 0. The van der Waals surface area contributed by atoms with Crippen LogP contribution in [0.2, 0.25) is 0 Å². The summed E-state index contributed by atoms with van der Waals surface area (Å²) in [5.74, 6) is 0. The summed E-state index contributed by atoms with van der Waals surface area (Å²) in [5, 5.41) is 12.1. The van der Waals surface area contributed by atoms with Crippen molar-refractivity contribution in [2.45, 2.75) is 18.9 Å². The third-order valence-corrected chi connectivity index (χ3v) is 2.32. The number of anilines is 1. The van der Waals surface area contributed by atoms with Crippen molar-refractivity contribution >= 4 is 5.69 Å². The number of aliphatic hydroxyl groups is 1. The van der Waals surface area contributed by atoms with E-state index in [4.69, 9.17) is 5.11 Å². The second kappa shape index (κ2) is 3.15. The van der Waals surface area contributed by atoms with Crippen molar-refractivity contribution in [3.63, 3.8) is 0 Å². The molecule has 0 saturated heterocycles. The lowest BCUT2D eigenvalue weighted by molar-refractivity contribution is 0.280. The van der Waals surface area contributed by atoms with Gasteiger partial charge in [-0.2, -0.15) is 0 Å². The molecule has 0 unspecified atom stereocenters. The van der Waals surface area contributed by atoms with Gasteiger partial charge in [-0.25, -0.2) is 0 Å². The SMILES string of the molecule is OCC[C@H]1Cc2ccccc2N1. The Labute approximate surface area is 72.2 Å². The van der Waals surface area contributed by atoms with Gasteiger partial charge in [0.1, 0.15) is 0 Å². The highest BCUT2D eigenvalue weighted by molar-refractivity contribution is 5.56. The van der Waals surface area contributed by atoms with E-state index in [9.17, 15) is 0 Å². The number of benzene rings is 1. The van der Waals surface area contributed by atoms with Gasteiger partial charge in [0.2, 0.25) is 0 Å². The molecule has 1 heterocycles. The first-order valence-corrected chi connectivity index (χ1v) is 4.35. The summed E-state index contributed by atoms with van der Waals surface area (Å²) in [6.07, 6.45) is 1.89. The standard InChI is InChI=1S/C10H13NO/c12-6-5-9-7-8-3-1-2-4-10(8)11-9/h1-4,9,11-12H,5-7H2/t9-/m0/s1. The molecular formula is C10H13NO. The topological polar surface area (TPSA) is 32.3 Å². The maximum atomic E-state index is 8.77. The Balaban J connectivity index is 2.11. The zero-order valence-corrected chi connectivity index (χ0v) is 6.96. The minimum atomic E-state index is 0.269. The van der Waals surface area contributed by atoms with Crippen molar-refractivity contribution in [1.82, 2.24) is 0 Å². The average molecular weight is 163 g/mol. The van der Waals surface area contributed by atoms with Crippen molar-refractivity contribution in [2.75, 3.05) is 11.9 Å². The molecule has 0 radical (unpaired) electrons. The number of hydrogen-bond donors (Lipinski definition) is 2. The van der Waals surface area contributed by atoms with Gasteiger partial charge in [0.15, 0.2) is 0 Å². The molecule has 0 fully saturated rings. The molecule has 0 saturated carbocycles. The molecule has 0 amide bonds. The molecule has 12 heavy (non-hydrogen) atoms. The quantitative estimate of drug-likeness (QED) is 0.690. The van der Waals surface area contributed by atoms with Gasteiger partial charge in [0, 0.05) is 18.3 Å². The molecule has 2 rings (SSSR count). The minimum Gasteiger partial charge on any atom is -0.396 e. The van der Waals surface area contributed by atoms with Crippen LogP contribution in [0.25, 0.3) is 0 Å². The number of para-hydroxylation sites is 1. The van der Waals surface area contributed by atoms with E-state index in [0.29, 0.717) is 6.04 Å². The Morgan fingerprint density at radius 3 is 3.00 bits per heavy atom. The van der Waals surface area contributed by atoms with Gasteiger partial charge in [0.25, 0.3) is 0 Å². The monoisotopic (exact) mass is 163 g/mol. The van der Waals surface area contributed by atoms with Gasteiger partial charge in [-0.05, 0) is 24.5 Å². The van der Waals surface area contributed by atoms with E-state index < -0.39 is 0 Å². The molecule has 2 nitrogen and oxygen atoms in total. The molecule has 2 N–H and O–H groups in total. The van der Waals surface area contributed by atoms with Gasteiger partial charge in [-0.15, -0.1) is 0 Å². The molecule has 0 aromatic heterocycles. The molecule has 1 aliphatic rings. The van der Waals surface area contributed by atoms with Crippen LogP contribution in [0.3, 0.4) is 0 Å². The maximum absolute atomic E-state index is 8.77. The van der Waals surface area contributed by atoms with Crippen molar-refractivity contribution < 1.29 is 5.11 Å². The first-order chi connectivity index (χ1) is 5.90. The van der Waals surface area contributed by atoms with Gasteiger partial charge in [-0.1, -0.05) is 18.2 Å². The lowest BCUT2D eigenvalue weighted by Gasteiger charge is -2.07. The van der Waals surface area contributed by atoms with Crippen LogP contribution in [-0.4, -0.2) is 17.8 Å². The first kappa shape index (κ1) is 7.62. The maximum Gasteiger partial charge on any atom is 0.0450 e. The van der Waals surface area contributed by atoms with E-state index in [1.807, 2.05) is 6.07 Å².